The van der Waals surface area contributed by atoms with Gasteiger partial charge in [-0.2, -0.15) is 5.10 Å². The number of rotatable bonds is 1. The molecule has 0 spiro atoms. The summed E-state index contributed by atoms with van der Waals surface area (Å²) in [5.41, 5.74) is 7.33. The Morgan fingerprint density at radius 3 is 2.88 bits per heavy atom. The minimum atomic E-state index is 0.0413. The van der Waals surface area contributed by atoms with Gasteiger partial charge < -0.3 is 5.73 Å². The van der Waals surface area contributed by atoms with Gasteiger partial charge in [0.2, 0.25) is 5.91 Å². The molecule has 0 bridgehead atoms. The van der Waals surface area contributed by atoms with Gasteiger partial charge in [-0.25, -0.2) is 9.99 Å². The van der Waals surface area contributed by atoms with Crippen LogP contribution in [0.5, 0.6) is 0 Å². The topological polar surface area (TPSA) is 71.6 Å². The lowest BCUT2D eigenvalue weighted by Crippen LogP contribution is -2.33. The number of nitrogens with two attached hydrogens (primary N) is 1. The van der Waals surface area contributed by atoms with Gasteiger partial charge in [-0.15, -0.1) is 0 Å². The third-order valence-electron chi connectivity index (χ3n) is 2.65. The van der Waals surface area contributed by atoms with Crippen LogP contribution in [0.25, 0.3) is 0 Å². The summed E-state index contributed by atoms with van der Waals surface area (Å²) >= 11 is 0. The Bertz CT molecular complexity index is 438. The van der Waals surface area contributed by atoms with Crippen molar-refractivity contribution in [2.24, 2.45) is 11.0 Å². The third kappa shape index (κ3) is 1.88. The van der Waals surface area contributed by atoms with Gasteiger partial charge in [0, 0.05) is 31.1 Å². The zero-order valence-corrected chi connectivity index (χ0v) is 9.34. The van der Waals surface area contributed by atoms with E-state index in [1.807, 2.05) is 13.0 Å². The molecule has 0 aromatic carbocycles. The first kappa shape index (κ1) is 10.6. The number of hydrazone groups is 1. The second kappa shape index (κ2) is 3.92. The molecule has 2 heterocycles. The fourth-order valence-electron chi connectivity index (χ4n) is 1.71. The van der Waals surface area contributed by atoms with E-state index < -0.39 is 0 Å². The number of pyridine rings is 1. The predicted octanol–water partition coefficient (Wildman–Crippen LogP) is 0.866. The summed E-state index contributed by atoms with van der Waals surface area (Å²) in [6, 6.07) is 3.61. The number of carbonyl (C=O) groups excluding carboxylic acids is 1. The monoisotopic (exact) mass is 218 g/mol. The normalized spacial score (nSPS) is 20.9. The van der Waals surface area contributed by atoms with Gasteiger partial charge in [0.15, 0.2) is 0 Å². The molecule has 84 valence electrons. The first-order chi connectivity index (χ1) is 7.58. The zero-order valence-electron chi connectivity index (χ0n) is 9.34. The highest BCUT2D eigenvalue weighted by Crippen LogP contribution is 2.19. The summed E-state index contributed by atoms with van der Waals surface area (Å²) in [6.45, 7) is 1.99. The molecule has 2 N–H and O–H groups in total. The molecule has 1 unspecified atom stereocenters. The van der Waals surface area contributed by atoms with E-state index in [0.29, 0.717) is 12.2 Å². The maximum absolute atomic E-state index is 11.4. The SMILES string of the molecule is CC1CC(=O)N(C)N=C1c1ccc(N)nc1. The zero-order chi connectivity index (χ0) is 11.7. The number of amides is 1. The molecule has 1 amide bonds. The maximum atomic E-state index is 11.4. The van der Waals surface area contributed by atoms with E-state index in [4.69, 9.17) is 5.73 Å². The summed E-state index contributed by atoms with van der Waals surface area (Å²) in [5.74, 6) is 0.644. The molecule has 1 aromatic heterocycles. The molecule has 5 nitrogen and oxygen atoms in total. The highest BCUT2D eigenvalue weighted by molar-refractivity contribution is 6.05. The van der Waals surface area contributed by atoms with Gasteiger partial charge in [0.05, 0.1) is 5.71 Å². The molecule has 0 saturated carbocycles. The Morgan fingerprint density at radius 1 is 1.50 bits per heavy atom. The summed E-state index contributed by atoms with van der Waals surface area (Å²) in [6.07, 6.45) is 2.17. The average Bonchev–Trinajstić information content (AvgIpc) is 2.25. The summed E-state index contributed by atoms with van der Waals surface area (Å²) in [7, 11) is 1.67. The quantitative estimate of drug-likeness (QED) is 0.760. The van der Waals surface area contributed by atoms with Crippen molar-refractivity contribution in [3.05, 3.63) is 23.9 Å². The number of hydrogen-bond acceptors (Lipinski definition) is 4. The second-order valence-electron chi connectivity index (χ2n) is 3.98. The van der Waals surface area contributed by atoms with Crippen LogP contribution in [0.3, 0.4) is 0 Å². The van der Waals surface area contributed by atoms with E-state index >= 15 is 0 Å². The van der Waals surface area contributed by atoms with E-state index in [1.54, 1.807) is 19.3 Å². The van der Waals surface area contributed by atoms with Gasteiger partial charge in [0.1, 0.15) is 5.82 Å². The van der Waals surface area contributed by atoms with Crippen molar-refractivity contribution in [1.29, 1.82) is 0 Å². The fourth-order valence-corrected chi connectivity index (χ4v) is 1.71. The first-order valence-electron chi connectivity index (χ1n) is 5.15. The van der Waals surface area contributed by atoms with Crippen molar-refractivity contribution in [1.82, 2.24) is 9.99 Å². The third-order valence-corrected chi connectivity index (χ3v) is 2.65. The van der Waals surface area contributed by atoms with Crippen LogP contribution in [0.1, 0.15) is 18.9 Å². The van der Waals surface area contributed by atoms with Crippen molar-refractivity contribution >= 4 is 17.4 Å². The van der Waals surface area contributed by atoms with Gasteiger partial charge >= 0.3 is 0 Å². The molecular formula is C11H14N4O. The summed E-state index contributed by atoms with van der Waals surface area (Å²) in [4.78, 5) is 15.4. The largest absolute Gasteiger partial charge is 0.384 e. The fraction of sp³-hybridized carbons (Fsp3) is 0.364. The van der Waals surface area contributed by atoms with E-state index in [0.717, 1.165) is 11.3 Å². The van der Waals surface area contributed by atoms with E-state index in [1.165, 1.54) is 5.01 Å². The smallest absolute Gasteiger partial charge is 0.243 e. The van der Waals surface area contributed by atoms with E-state index in [2.05, 4.69) is 10.1 Å². The van der Waals surface area contributed by atoms with Crippen molar-refractivity contribution in [3.8, 4) is 0 Å². The minimum absolute atomic E-state index is 0.0413. The Kier molecular flexibility index (Phi) is 2.60. The van der Waals surface area contributed by atoms with Crippen LogP contribution in [0.4, 0.5) is 5.82 Å². The van der Waals surface area contributed by atoms with Crippen LogP contribution in [0.15, 0.2) is 23.4 Å². The van der Waals surface area contributed by atoms with Crippen LogP contribution in [-0.2, 0) is 4.79 Å². The predicted molar refractivity (Wildman–Crippen MR) is 61.7 cm³/mol. The molecule has 0 radical (unpaired) electrons. The Morgan fingerprint density at radius 2 is 2.25 bits per heavy atom. The molecule has 0 saturated heterocycles. The molecule has 2 rings (SSSR count). The Labute approximate surface area is 94.0 Å². The average molecular weight is 218 g/mol. The lowest BCUT2D eigenvalue weighted by atomic mass is 9.95. The molecule has 5 heteroatoms. The van der Waals surface area contributed by atoms with Crippen LogP contribution in [-0.4, -0.2) is 28.7 Å². The van der Waals surface area contributed by atoms with Crippen molar-refractivity contribution in [2.75, 3.05) is 12.8 Å². The Hall–Kier alpha value is -1.91. The van der Waals surface area contributed by atoms with Crippen LogP contribution < -0.4 is 5.73 Å². The minimum Gasteiger partial charge on any atom is -0.384 e. The number of carbonyl (C=O) groups is 1. The molecule has 1 aliphatic rings. The summed E-state index contributed by atoms with van der Waals surface area (Å²) < 4.78 is 0. The second-order valence-corrected chi connectivity index (χ2v) is 3.98. The van der Waals surface area contributed by atoms with Gasteiger partial charge in [-0.1, -0.05) is 6.92 Å². The van der Waals surface area contributed by atoms with Crippen LogP contribution >= 0.6 is 0 Å². The number of anilines is 1. The highest BCUT2D eigenvalue weighted by atomic mass is 16.2. The standard InChI is InChI=1S/C11H14N4O/c1-7-5-10(16)15(2)14-11(7)8-3-4-9(12)13-6-8/h3-4,6-7H,5H2,1-2H3,(H2,12,13). The van der Waals surface area contributed by atoms with Crippen LogP contribution in [0.2, 0.25) is 0 Å². The highest BCUT2D eigenvalue weighted by Gasteiger charge is 2.25. The number of aromatic nitrogens is 1. The molecule has 1 atom stereocenters. The van der Waals surface area contributed by atoms with Gasteiger partial charge in [-0.05, 0) is 12.1 Å². The molecule has 0 aliphatic carbocycles. The maximum Gasteiger partial charge on any atom is 0.243 e. The molecule has 1 aliphatic heterocycles. The van der Waals surface area contributed by atoms with Crippen molar-refractivity contribution < 1.29 is 4.79 Å². The van der Waals surface area contributed by atoms with Crippen molar-refractivity contribution in [3.63, 3.8) is 0 Å². The lowest BCUT2D eigenvalue weighted by molar-refractivity contribution is -0.131. The molecule has 1 aromatic rings. The number of nitrogen functional groups attached to an aromatic ring is 1. The Balaban J connectivity index is 2.36. The number of nitrogens with zero attached hydrogens (tertiary/aromatic N) is 3. The van der Waals surface area contributed by atoms with Gasteiger partial charge in [0.25, 0.3) is 0 Å². The van der Waals surface area contributed by atoms with Crippen molar-refractivity contribution in [2.45, 2.75) is 13.3 Å². The molecular weight excluding hydrogens is 204 g/mol. The molecule has 16 heavy (non-hydrogen) atoms. The first-order valence-corrected chi connectivity index (χ1v) is 5.15. The van der Waals surface area contributed by atoms with Crippen LogP contribution in [0, 0.1) is 5.92 Å². The van der Waals surface area contributed by atoms with Gasteiger partial charge in [-0.3, -0.25) is 4.79 Å². The summed E-state index contributed by atoms with van der Waals surface area (Å²) in [5, 5.41) is 5.64. The number of hydrogen-bond donors (Lipinski definition) is 1. The van der Waals surface area contributed by atoms with E-state index in [9.17, 15) is 4.79 Å². The lowest BCUT2D eigenvalue weighted by Gasteiger charge is -2.24. The molecule has 0 fully saturated rings. The van der Waals surface area contributed by atoms with E-state index in [-0.39, 0.29) is 11.8 Å².